The van der Waals surface area contributed by atoms with Crippen molar-refractivity contribution in [3.63, 3.8) is 0 Å². The van der Waals surface area contributed by atoms with E-state index in [-0.39, 0.29) is 0 Å². The summed E-state index contributed by atoms with van der Waals surface area (Å²) in [4.78, 5) is 16.0. The van der Waals surface area contributed by atoms with Crippen molar-refractivity contribution < 1.29 is 9.53 Å². The maximum absolute atomic E-state index is 11.7. The highest BCUT2D eigenvalue weighted by Gasteiger charge is 2.16. The van der Waals surface area contributed by atoms with E-state index in [4.69, 9.17) is 4.74 Å². The van der Waals surface area contributed by atoms with Crippen LogP contribution in [0.5, 0.6) is 0 Å². The van der Waals surface area contributed by atoms with Gasteiger partial charge in [0.05, 0.1) is 11.9 Å². The number of anilines is 2. The summed E-state index contributed by atoms with van der Waals surface area (Å²) in [6.07, 6.45) is 9.69. The van der Waals surface area contributed by atoms with Crippen molar-refractivity contribution in [3.05, 3.63) is 30.0 Å². The van der Waals surface area contributed by atoms with Gasteiger partial charge in [-0.15, -0.1) is 0 Å². The van der Waals surface area contributed by atoms with Gasteiger partial charge in [0.2, 0.25) is 0 Å². The van der Waals surface area contributed by atoms with Crippen LogP contribution in [0, 0.1) is 0 Å². The zero-order chi connectivity index (χ0) is 16.7. The molecule has 0 bridgehead atoms. The Balaban J connectivity index is 1.75. The lowest BCUT2D eigenvalue weighted by atomic mass is 9.97. The smallest absolute Gasteiger partial charge is 0.412 e. The number of allylic oxidation sites excluding steroid dienone is 1. The van der Waals surface area contributed by atoms with Crippen LogP contribution in [-0.2, 0) is 4.74 Å². The zero-order valence-corrected chi connectivity index (χ0v) is 14.3. The molecule has 0 aromatic carbocycles. The lowest BCUT2D eigenvalue weighted by molar-refractivity contribution is 0.0636. The van der Waals surface area contributed by atoms with Gasteiger partial charge in [-0.05, 0) is 65.0 Å². The Kier molecular flexibility index (Phi) is 6.02. The van der Waals surface area contributed by atoms with Gasteiger partial charge in [0.1, 0.15) is 11.4 Å². The topological polar surface area (TPSA) is 63.2 Å². The first kappa shape index (κ1) is 17.3. The first-order valence-electron chi connectivity index (χ1n) is 8.30. The van der Waals surface area contributed by atoms with Crippen LogP contribution in [-0.4, -0.2) is 23.2 Å². The van der Waals surface area contributed by atoms with E-state index in [0.29, 0.717) is 5.69 Å². The molecule has 0 saturated heterocycles. The third-order valence-electron chi connectivity index (χ3n) is 3.55. The number of carbonyl (C=O) groups is 1. The van der Waals surface area contributed by atoms with E-state index in [2.05, 4.69) is 21.7 Å². The Morgan fingerprint density at radius 3 is 2.74 bits per heavy atom. The van der Waals surface area contributed by atoms with Crippen LogP contribution in [0.3, 0.4) is 0 Å². The van der Waals surface area contributed by atoms with Gasteiger partial charge in [0, 0.05) is 6.54 Å². The number of aromatic nitrogens is 1. The van der Waals surface area contributed by atoms with E-state index in [0.717, 1.165) is 18.8 Å². The molecule has 1 aliphatic rings. The molecule has 2 rings (SSSR count). The number of rotatable bonds is 5. The second kappa shape index (κ2) is 7.99. The highest BCUT2D eigenvalue weighted by Crippen LogP contribution is 2.20. The summed E-state index contributed by atoms with van der Waals surface area (Å²) >= 11 is 0. The molecule has 0 unspecified atom stereocenters. The highest BCUT2D eigenvalue weighted by molar-refractivity contribution is 5.84. The summed E-state index contributed by atoms with van der Waals surface area (Å²) in [6.45, 7) is 6.39. The van der Waals surface area contributed by atoms with Crippen LogP contribution in [0.2, 0.25) is 0 Å². The zero-order valence-electron chi connectivity index (χ0n) is 14.3. The van der Waals surface area contributed by atoms with E-state index < -0.39 is 11.7 Å². The van der Waals surface area contributed by atoms with E-state index in [9.17, 15) is 4.79 Å². The molecular formula is C18H27N3O2. The first-order chi connectivity index (χ1) is 10.9. The van der Waals surface area contributed by atoms with Crippen molar-refractivity contribution in [1.82, 2.24) is 4.98 Å². The van der Waals surface area contributed by atoms with Crippen LogP contribution < -0.4 is 10.6 Å². The maximum atomic E-state index is 11.7. The molecule has 0 radical (unpaired) electrons. The first-order valence-corrected chi connectivity index (χ1v) is 8.30. The highest BCUT2D eigenvalue weighted by atomic mass is 16.6. The Labute approximate surface area is 138 Å². The van der Waals surface area contributed by atoms with E-state index in [1.807, 2.05) is 32.9 Å². The predicted octanol–water partition coefficient (Wildman–Crippen LogP) is 4.73. The fourth-order valence-electron chi connectivity index (χ4n) is 2.48. The summed E-state index contributed by atoms with van der Waals surface area (Å²) in [5.41, 5.74) is 1.67. The number of nitrogens with zero attached hydrogens (tertiary/aromatic N) is 1. The minimum atomic E-state index is -0.507. The van der Waals surface area contributed by atoms with E-state index in [1.165, 1.54) is 25.7 Å². The quantitative estimate of drug-likeness (QED) is 0.771. The molecule has 5 heteroatoms. The fraction of sp³-hybridized carbons (Fsp3) is 0.556. The summed E-state index contributed by atoms with van der Waals surface area (Å²) in [5.74, 6) is 0.816. The van der Waals surface area contributed by atoms with Crippen LogP contribution in [0.1, 0.15) is 52.9 Å². The van der Waals surface area contributed by atoms with Gasteiger partial charge >= 0.3 is 6.09 Å². The molecule has 0 fully saturated rings. The molecular weight excluding hydrogens is 290 g/mol. The molecule has 5 nitrogen and oxygen atoms in total. The number of hydrogen-bond acceptors (Lipinski definition) is 4. The van der Waals surface area contributed by atoms with Gasteiger partial charge in [-0.3, -0.25) is 5.32 Å². The van der Waals surface area contributed by atoms with Gasteiger partial charge in [0.25, 0.3) is 0 Å². The molecule has 0 spiro atoms. The molecule has 2 N–H and O–H groups in total. The number of carbonyl (C=O) groups excluding carboxylic acids is 1. The van der Waals surface area contributed by atoms with Crippen molar-refractivity contribution in [1.29, 1.82) is 0 Å². The summed E-state index contributed by atoms with van der Waals surface area (Å²) in [7, 11) is 0. The van der Waals surface area contributed by atoms with Gasteiger partial charge in [-0.1, -0.05) is 11.6 Å². The molecule has 23 heavy (non-hydrogen) atoms. The third kappa shape index (κ3) is 6.72. The second-order valence-corrected chi connectivity index (χ2v) is 6.84. The Morgan fingerprint density at radius 2 is 2.13 bits per heavy atom. The fourth-order valence-corrected chi connectivity index (χ4v) is 2.48. The predicted molar refractivity (Wildman–Crippen MR) is 93.8 cm³/mol. The summed E-state index contributed by atoms with van der Waals surface area (Å²) in [5, 5.41) is 5.99. The Hall–Kier alpha value is -2.04. The number of ether oxygens (including phenoxy) is 1. The molecule has 1 heterocycles. The molecule has 1 aliphatic carbocycles. The lowest BCUT2D eigenvalue weighted by Gasteiger charge is -2.19. The minimum absolute atomic E-state index is 0.468. The third-order valence-corrected chi connectivity index (χ3v) is 3.55. The van der Waals surface area contributed by atoms with Crippen LogP contribution in [0.25, 0.3) is 0 Å². The van der Waals surface area contributed by atoms with Crippen molar-refractivity contribution in [2.24, 2.45) is 0 Å². The number of amides is 1. The van der Waals surface area contributed by atoms with Gasteiger partial charge in [-0.2, -0.15) is 0 Å². The molecule has 0 saturated carbocycles. The number of pyridine rings is 1. The van der Waals surface area contributed by atoms with Crippen LogP contribution in [0.15, 0.2) is 30.0 Å². The molecule has 0 aliphatic heterocycles. The van der Waals surface area contributed by atoms with Crippen LogP contribution >= 0.6 is 0 Å². The minimum Gasteiger partial charge on any atom is -0.444 e. The van der Waals surface area contributed by atoms with E-state index in [1.54, 1.807) is 11.8 Å². The molecule has 126 valence electrons. The average molecular weight is 317 g/mol. The monoisotopic (exact) mass is 317 g/mol. The van der Waals surface area contributed by atoms with Crippen LogP contribution in [0.4, 0.5) is 16.3 Å². The Bertz CT molecular complexity index is 544. The standard InChI is InChI=1S/C18H27N3O2/c1-18(2,3)23-17(22)21-15-9-10-16(20-13-15)19-12-11-14-7-5-4-6-8-14/h7,9-10,13H,4-6,8,11-12H2,1-3H3,(H,19,20)(H,21,22). The van der Waals surface area contributed by atoms with Gasteiger partial charge < -0.3 is 10.1 Å². The van der Waals surface area contributed by atoms with Crippen molar-refractivity contribution in [3.8, 4) is 0 Å². The van der Waals surface area contributed by atoms with Gasteiger partial charge in [0.15, 0.2) is 0 Å². The molecule has 0 atom stereocenters. The molecule has 1 aromatic rings. The van der Waals surface area contributed by atoms with E-state index >= 15 is 0 Å². The van der Waals surface area contributed by atoms with Crippen molar-refractivity contribution in [2.45, 2.75) is 58.5 Å². The normalized spacial score (nSPS) is 14.8. The number of nitrogens with one attached hydrogen (secondary N) is 2. The largest absolute Gasteiger partial charge is 0.444 e. The van der Waals surface area contributed by atoms with Gasteiger partial charge in [-0.25, -0.2) is 9.78 Å². The second-order valence-electron chi connectivity index (χ2n) is 6.84. The average Bonchev–Trinajstić information content (AvgIpc) is 2.48. The Morgan fingerprint density at radius 1 is 1.30 bits per heavy atom. The molecule has 1 amide bonds. The van der Waals surface area contributed by atoms with Crippen molar-refractivity contribution in [2.75, 3.05) is 17.2 Å². The molecule has 1 aromatic heterocycles. The summed E-state index contributed by atoms with van der Waals surface area (Å²) in [6, 6.07) is 3.68. The number of hydrogen-bond donors (Lipinski definition) is 2. The maximum Gasteiger partial charge on any atom is 0.412 e. The van der Waals surface area contributed by atoms with Crippen molar-refractivity contribution >= 4 is 17.6 Å². The summed E-state index contributed by atoms with van der Waals surface area (Å²) < 4.78 is 5.20. The SMILES string of the molecule is CC(C)(C)OC(=O)Nc1ccc(NCCC2=CCCCC2)nc1. The lowest BCUT2D eigenvalue weighted by Crippen LogP contribution is -2.27.